The summed E-state index contributed by atoms with van der Waals surface area (Å²) in [4.78, 5) is 22.3. The molecule has 1 atom stereocenters. The molecule has 1 unspecified atom stereocenters. The summed E-state index contributed by atoms with van der Waals surface area (Å²) in [6.45, 7) is 0.344. The number of nitrogens with two attached hydrogens (primary N) is 1. The Morgan fingerprint density at radius 2 is 2.26 bits per heavy atom. The molecule has 0 bridgehead atoms. The first-order valence-electron chi connectivity index (χ1n) is 5.96. The highest BCUT2D eigenvalue weighted by molar-refractivity contribution is 9.10. The smallest absolute Gasteiger partial charge is 0.283 e. The van der Waals surface area contributed by atoms with E-state index < -0.39 is 10.8 Å². The number of rotatable bonds is 5. The van der Waals surface area contributed by atoms with Crippen LogP contribution >= 0.6 is 15.9 Å². The fraction of sp³-hybridized carbons (Fsp3) is 0.417. The molecule has 1 fully saturated rings. The third-order valence-corrected chi connectivity index (χ3v) is 3.62. The van der Waals surface area contributed by atoms with Gasteiger partial charge in [0.2, 0.25) is 0 Å². The first kappa shape index (κ1) is 14.0. The number of benzene rings is 1. The number of carbonyl (C=O) groups is 1. The topological polar surface area (TPSA) is 98.3 Å². The quantitative estimate of drug-likeness (QED) is 0.636. The van der Waals surface area contributed by atoms with Crippen molar-refractivity contribution in [2.45, 2.75) is 18.9 Å². The van der Waals surface area contributed by atoms with Crippen molar-refractivity contribution in [1.29, 1.82) is 0 Å². The molecule has 0 aromatic heterocycles. The maximum Gasteiger partial charge on any atom is 0.283 e. The largest absolute Gasteiger partial charge is 0.350 e. The summed E-state index contributed by atoms with van der Waals surface area (Å²) in [5.74, 6) is 0.00973. The number of halogens is 1. The van der Waals surface area contributed by atoms with Gasteiger partial charge in [-0.25, -0.2) is 0 Å². The minimum Gasteiger partial charge on any atom is -0.350 e. The van der Waals surface area contributed by atoms with Gasteiger partial charge in [0.1, 0.15) is 5.56 Å². The Labute approximate surface area is 118 Å². The lowest BCUT2D eigenvalue weighted by Crippen LogP contribution is -2.38. The number of carbonyl (C=O) groups excluding carboxylic acids is 1. The van der Waals surface area contributed by atoms with Crippen LogP contribution in [0.15, 0.2) is 22.7 Å². The number of hydrogen-bond acceptors (Lipinski definition) is 4. The number of nitro benzene ring substituents is 1. The van der Waals surface area contributed by atoms with Gasteiger partial charge in [-0.1, -0.05) is 15.9 Å². The number of amides is 1. The number of nitro groups is 1. The molecule has 0 radical (unpaired) electrons. The van der Waals surface area contributed by atoms with Crippen molar-refractivity contribution >= 4 is 27.5 Å². The summed E-state index contributed by atoms with van der Waals surface area (Å²) in [6.07, 6.45) is 2.19. The summed E-state index contributed by atoms with van der Waals surface area (Å²) in [5.41, 5.74) is 5.71. The molecule has 0 aliphatic heterocycles. The van der Waals surface area contributed by atoms with Crippen molar-refractivity contribution in [3.8, 4) is 0 Å². The van der Waals surface area contributed by atoms with Gasteiger partial charge < -0.3 is 11.1 Å². The van der Waals surface area contributed by atoms with E-state index in [0.29, 0.717) is 16.9 Å². The van der Waals surface area contributed by atoms with Gasteiger partial charge in [0.15, 0.2) is 0 Å². The third-order valence-electron chi connectivity index (χ3n) is 3.13. The van der Waals surface area contributed by atoms with Crippen molar-refractivity contribution in [3.05, 3.63) is 38.3 Å². The van der Waals surface area contributed by atoms with Crippen molar-refractivity contribution < 1.29 is 9.72 Å². The average molecular weight is 328 g/mol. The summed E-state index contributed by atoms with van der Waals surface area (Å²) in [6, 6.07) is 4.28. The first-order valence-corrected chi connectivity index (χ1v) is 6.76. The SMILES string of the molecule is NC(CNC(=O)c1ccc(Br)cc1[N+](=O)[O-])C1CC1. The van der Waals surface area contributed by atoms with Crippen LogP contribution in [0.5, 0.6) is 0 Å². The van der Waals surface area contributed by atoms with Crippen LogP contribution in [0.4, 0.5) is 5.69 Å². The zero-order chi connectivity index (χ0) is 14.0. The monoisotopic (exact) mass is 327 g/mol. The molecule has 1 aromatic rings. The van der Waals surface area contributed by atoms with E-state index in [1.54, 1.807) is 6.07 Å². The van der Waals surface area contributed by atoms with Crippen LogP contribution in [0.25, 0.3) is 0 Å². The van der Waals surface area contributed by atoms with Crippen LogP contribution in [0, 0.1) is 16.0 Å². The highest BCUT2D eigenvalue weighted by Crippen LogP contribution is 2.31. The first-order chi connectivity index (χ1) is 8.99. The van der Waals surface area contributed by atoms with Crippen LogP contribution in [-0.2, 0) is 0 Å². The minimum absolute atomic E-state index is 0.0520. The molecule has 1 aliphatic rings. The van der Waals surface area contributed by atoms with Crippen molar-refractivity contribution in [1.82, 2.24) is 5.32 Å². The number of nitrogens with zero attached hydrogens (tertiary/aromatic N) is 1. The van der Waals surface area contributed by atoms with E-state index in [9.17, 15) is 14.9 Å². The van der Waals surface area contributed by atoms with Crippen LogP contribution in [0.1, 0.15) is 23.2 Å². The molecule has 2 rings (SSSR count). The zero-order valence-corrected chi connectivity index (χ0v) is 11.7. The lowest BCUT2D eigenvalue weighted by Gasteiger charge is -2.11. The fourth-order valence-electron chi connectivity index (χ4n) is 1.84. The Bertz CT molecular complexity index is 517. The lowest BCUT2D eigenvalue weighted by atomic mass is 10.1. The summed E-state index contributed by atoms with van der Waals surface area (Å²) >= 11 is 3.15. The van der Waals surface area contributed by atoms with E-state index in [2.05, 4.69) is 21.2 Å². The van der Waals surface area contributed by atoms with Crippen molar-refractivity contribution in [2.24, 2.45) is 11.7 Å². The predicted octanol–water partition coefficient (Wildman–Crippen LogP) is 1.82. The highest BCUT2D eigenvalue weighted by Gasteiger charge is 2.29. The molecule has 3 N–H and O–H groups in total. The van der Waals surface area contributed by atoms with Gasteiger partial charge >= 0.3 is 0 Å². The van der Waals surface area contributed by atoms with E-state index in [4.69, 9.17) is 5.73 Å². The van der Waals surface area contributed by atoms with Crippen LogP contribution in [-0.4, -0.2) is 23.4 Å². The number of nitrogens with one attached hydrogen (secondary N) is 1. The van der Waals surface area contributed by atoms with Gasteiger partial charge in [0.05, 0.1) is 4.92 Å². The molecule has 1 aliphatic carbocycles. The van der Waals surface area contributed by atoms with Gasteiger partial charge in [-0.3, -0.25) is 14.9 Å². The Morgan fingerprint density at radius 1 is 1.58 bits per heavy atom. The Kier molecular flexibility index (Phi) is 4.16. The van der Waals surface area contributed by atoms with E-state index in [1.165, 1.54) is 12.1 Å². The van der Waals surface area contributed by atoms with Gasteiger partial charge in [0, 0.05) is 23.1 Å². The molecule has 102 valence electrons. The molecule has 1 amide bonds. The summed E-state index contributed by atoms with van der Waals surface area (Å²) < 4.78 is 0.561. The number of hydrogen-bond donors (Lipinski definition) is 2. The normalized spacial score (nSPS) is 15.9. The average Bonchev–Trinajstić information content (AvgIpc) is 3.19. The molecular weight excluding hydrogens is 314 g/mol. The second kappa shape index (κ2) is 5.66. The molecule has 19 heavy (non-hydrogen) atoms. The van der Waals surface area contributed by atoms with Crippen molar-refractivity contribution in [3.63, 3.8) is 0 Å². The molecule has 7 heteroatoms. The summed E-state index contributed by atoms with van der Waals surface area (Å²) in [5, 5.41) is 13.6. The third kappa shape index (κ3) is 3.51. The maximum atomic E-state index is 11.9. The molecule has 0 saturated heterocycles. The minimum atomic E-state index is -0.569. The molecule has 0 heterocycles. The second-order valence-corrected chi connectivity index (χ2v) is 5.55. The van der Waals surface area contributed by atoms with E-state index in [0.717, 1.165) is 12.8 Å². The van der Waals surface area contributed by atoms with E-state index in [1.807, 2.05) is 0 Å². The van der Waals surface area contributed by atoms with Gasteiger partial charge in [-0.2, -0.15) is 0 Å². The van der Waals surface area contributed by atoms with Gasteiger partial charge in [-0.15, -0.1) is 0 Å². The second-order valence-electron chi connectivity index (χ2n) is 4.63. The standard InChI is InChI=1S/C12H14BrN3O3/c13-8-3-4-9(11(5-8)16(18)19)12(17)15-6-10(14)7-1-2-7/h3-5,7,10H,1-2,6,14H2,(H,15,17). The summed E-state index contributed by atoms with van der Waals surface area (Å²) in [7, 11) is 0. The fourth-order valence-corrected chi connectivity index (χ4v) is 2.19. The zero-order valence-electron chi connectivity index (χ0n) is 10.1. The molecule has 1 aromatic carbocycles. The Hall–Kier alpha value is -1.47. The van der Waals surface area contributed by atoms with Gasteiger partial charge in [-0.05, 0) is 30.9 Å². The Balaban J connectivity index is 2.07. The maximum absolute atomic E-state index is 11.9. The molecule has 1 saturated carbocycles. The van der Waals surface area contributed by atoms with Gasteiger partial charge in [0.25, 0.3) is 11.6 Å². The van der Waals surface area contributed by atoms with E-state index in [-0.39, 0.29) is 17.3 Å². The predicted molar refractivity (Wildman–Crippen MR) is 73.8 cm³/mol. The van der Waals surface area contributed by atoms with Crippen LogP contribution in [0.3, 0.4) is 0 Å². The van der Waals surface area contributed by atoms with Crippen LogP contribution < -0.4 is 11.1 Å². The van der Waals surface area contributed by atoms with Crippen LogP contribution in [0.2, 0.25) is 0 Å². The molecule has 6 nitrogen and oxygen atoms in total. The van der Waals surface area contributed by atoms with E-state index >= 15 is 0 Å². The highest BCUT2D eigenvalue weighted by atomic mass is 79.9. The molecular formula is C12H14BrN3O3. The molecule has 0 spiro atoms. The van der Waals surface area contributed by atoms with Crippen molar-refractivity contribution in [2.75, 3.05) is 6.54 Å². The Morgan fingerprint density at radius 3 is 2.84 bits per heavy atom. The lowest BCUT2D eigenvalue weighted by molar-refractivity contribution is -0.385.